The third-order valence-corrected chi connectivity index (χ3v) is 13.4. The van der Waals surface area contributed by atoms with Gasteiger partial charge in [-0.3, -0.25) is 4.79 Å². The number of carbonyl (C=O) groups is 1. The highest BCUT2D eigenvalue weighted by Crippen LogP contribution is 2.63. The van der Waals surface area contributed by atoms with Crippen LogP contribution in [-0.4, -0.2) is 52.7 Å². The molecule has 3 aliphatic rings. The van der Waals surface area contributed by atoms with Gasteiger partial charge in [0.1, 0.15) is 23.9 Å². The van der Waals surface area contributed by atoms with Crippen LogP contribution in [0.2, 0.25) is 0 Å². The van der Waals surface area contributed by atoms with Gasteiger partial charge in [0.25, 0.3) is 0 Å². The summed E-state index contributed by atoms with van der Waals surface area (Å²) in [7, 11) is 0. The lowest BCUT2D eigenvalue weighted by atomic mass is 9.56. The first kappa shape index (κ1) is 43.2. The van der Waals surface area contributed by atoms with Crippen molar-refractivity contribution in [1.29, 1.82) is 0 Å². The number of hydrogen-bond acceptors (Lipinski definition) is 9. The summed E-state index contributed by atoms with van der Waals surface area (Å²) < 4.78 is 21.1. The van der Waals surface area contributed by atoms with Gasteiger partial charge in [0, 0.05) is 48.6 Å². The number of nitrogens with one attached hydrogen (secondary N) is 1. The van der Waals surface area contributed by atoms with E-state index in [-0.39, 0.29) is 54.6 Å². The molecule has 0 bridgehead atoms. The molecule has 3 N–H and O–H groups in total. The summed E-state index contributed by atoms with van der Waals surface area (Å²) in [4.78, 5) is 19.1. The average molecular weight is 831 g/mol. The SMILES string of the molecule is C=CCO[C@@]12Oc3ccc(Oc4ccc(C)c(C)c4)cc3[C@H]3[C@H](CCCCO)[C@@H](CCCCO)C=C(C(=NOCc4ccccc4)C[C@@H]1Sc1ccc(NC(C)=O)cc1)[C@H]32. The lowest BCUT2D eigenvalue weighted by Gasteiger charge is -2.58. The second-order valence-electron chi connectivity index (χ2n) is 16.2. The molecule has 7 rings (SSSR count). The lowest BCUT2D eigenvalue weighted by molar-refractivity contribution is -0.223. The van der Waals surface area contributed by atoms with E-state index in [1.165, 1.54) is 12.5 Å². The molecule has 4 aromatic carbocycles. The van der Waals surface area contributed by atoms with E-state index in [2.05, 4.69) is 50.0 Å². The molecule has 4 aromatic rings. The number of hydrogen-bond donors (Lipinski definition) is 3. The maximum atomic E-state index is 11.8. The van der Waals surface area contributed by atoms with E-state index in [4.69, 9.17) is 24.2 Å². The fourth-order valence-corrected chi connectivity index (χ4v) is 10.4. The minimum absolute atomic E-state index is 0.0791. The molecule has 0 spiro atoms. The molecule has 1 heterocycles. The zero-order valence-electron chi connectivity index (χ0n) is 35.0. The number of aliphatic hydroxyl groups excluding tert-OH is 2. The van der Waals surface area contributed by atoms with E-state index >= 15 is 0 Å². The number of nitrogens with zero attached hydrogens (tertiary/aromatic N) is 1. The summed E-state index contributed by atoms with van der Waals surface area (Å²) in [5.74, 6) is 0.922. The van der Waals surface area contributed by atoms with Crippen molar-refractivity contribution in [2.75, 3.05) is 25.1 Å². The Hall–Kier alpha value is -4.87. The summed E-state index contributed by atoms with van der Waals surface area (Å²) in [6.45, 7) is 10.6. The summed E-state index contributed by atoms with van der Waals surface area (Å²) in [5, 5.41) is 27.4. The Balaban J connectivity index is 1.39. The molecule has 2 aliphatic carbocycles. The first-order valence-electron chi connectivity index (χ1n) is 21.3. The highest BCUT2D eigenvalue weighted by atomic mass is 32.2. The zero-order valence-corrected chi connectivity index (χ0v) is 35.8. The molecule has 1 fully saturated rings. The molecule has 0 saturated heterocycles. The largest absolute Gasteiger partial charge is 0.460 e. The van der Waals surface area contributed by atoms with Crippen molar-refractivity contribution in [2.45, 2.75) is 94.2 Å². The normalized spacial score (nSPS) is 23.4. The summed E-state index contributed by atoms with van der Waals surface area (Å²) >= 11 is 1.68. The molecule has 1 aliphatic heterocycles. The number of ether oxygens (including phenoxy) is 3. The third kappa shape index (κ3) is 9.84. The maximum Gasteiger partial charge on any atom is 0.231 e. The van der Waals surface area contributed by atoms with Gasteiger partial charge in [-0.05, 0) is 128 Å². The molecule has 0 aromatic heterocycles. The number of rotatable bonds is 19. The molecule has 0 unspecified atom stereocenters. The monoisotopic (exact) mass is 830 g/mol. The van der Waals surface area contributed by atoms with Crippen molar-refractivity contribution in [2.24, 2.45) is 22.9 Å². The Morgan fingerprint density at radius 3 is 2.38 bits per heavy atom. The first-order chi connectivity index (χ1) is 29.2. The number of aliphatic hydroxyl groups is 2. The van der Waals surface area contributed by atoms with Crippen LogP contribution in [-0.2, 0) is 21.0 Å². The molecule has 316 valence electrons. The molecule has 0 radical (unpaired) electrons. The van der Waals surface area contributed by atoms with Crippen molar-refractivity contribution in [3.05, 3.63) is 138 Å². The second-order valence-corrected chi connectivity index (χ2v) is 17.5. The van der Waals surface area contributed by atoms with E-state index in [0.717, 1.165) is 87.9 Å². The van der Waals surface area contributed by atoms with Crippen molar-refractivity contribution >= 4 is 29.1 Å². The number of carbonyl (C=O) groups excluding carboxylic acids is 1. The Kier molecular flexibility index (Phi) is 14.5. The highest BCUT2D eigenvalue weighted by molar-refractivity contribution is 8.00. The van der Waals surface area contributed by atoms with Gasteiger partial charge in [0.05, 0.1) is 23.5 Å². The standard InChI is InChI=1S/C50H58N2O7S/c1-5-27-56-50-47(60-41-22-18-38(19-23-41)51-35(4)55)31-45(52-57-32-36-13-7-6-8-14-36)43-29-37(15-9-11-25-53)42(16-10-12-26-54)48(49(43)50)44-30-40(21-24-46(44)59-50)58-39-20-17-33(2)34(3)28-39/h5-8,13-14,17-24,28-30,37,42,47-49,53-54H,1,9-12,15-16,25-27,31-32H2,2-4H3,(H,51,55)/t37-,42+,47-,48+,49+,50+/m0/s1. The number of oxime groups is 1. The minimum atomic E-state index is -1.14. The molecular weight excluding hydrogens is 773 g/mol. The van der Waals surface area contributed by atoms with Crippen LogP contribution in [0.1, 0.15) is 80.0 Å². The van der Waals surface area contributed by atoms with Gasteiger partial charge in [0.2, 0.25) is 11.7 Å². The number of thioether (sulfide) groups is 1. The van der Waals surface area contributed by atoms with E-state index in [1.54, 1.807) is 17.8 Å². The molecule has 6 atom stereocenters. The number of aryl methyl sites for hydroxylation is 2. The van der Waals surface area contributed by atoms with E-state index in [1.807, 2.05) is 72.8 Å². The lowest BCUT2D eigenvalue weighted by Crippen LogP contribution is -2.64. The Bertz CT molecular complexity index is 2160. The van der Waals surface area contributed by atoms with Crippen LogP contribution in [0.3, 0.4) is 0 Å². The van der Waals surface area contributed by atoms with Crippen LogP contribution in [0.4, 0.5) is 5.69 Å². The van der Waals surface area contributed by atoms with Gasteiger partial charge in [-0.25, -0.2) is 0 Å². The number of fused-ring (bicyclic) bond motifs is 2. The molecule has 10 heteroatoms. The Morgan fingerprint density at radius 2 is 1.67 bits per heavy atom. The number of amides is 1. The van der Waals surface area contributed by atoms with Crippen LogP contribution in [0.15, 0.2) is 125 Å². The summed E-state index contributed by atoms with van der Waals surface area (Å²) in [6, 6.07) is 30.2. The number of allylic oxidation sites excluding steroid dienone is 1. The molecule has 60 heavy (non-hydrogen) atoms. The summed E-state index contributed by atoms with van der Waals surface area (Å²) in [5.41, 5.74) is 7.10. The fraction of sp³-hybridized carbons (Fsp3) is 0.400. The average Bonchev–Trinajstić information content (AvgIpc) is 3.24. The van der Waals surface area contributed by atoms with E-state index < -0.39 is 5.79 Å². The van der Waals surface area contributed by atoms with Crippen LogP contribution in [0.5, 0.6) is 17.2 Å². The van der Waals surface area contributed by atoms with Gasteiger partial charge in [-0.1, -0.05) is 66.5 Å². The van der Waals surface area contributed by atoms with Crippen LogP contribution >= 0.6 is 11.8 Å². The molecular formula is C50H58N2O7S. The number of unbranched alkanes of at least 4 members (excludes halogenated alkanes) is 2. The zero-order chi connectivity index (χ0) is 42.1. The third-order valence-electron chi connectivity index (χ3n) is 12.0. The topological polar surface area (TPSA) is 119 Å². The van der Waals surface area contributed by atoms with Crippen molar-refractivity contribution < 1.29 is 34.1 Å². The van der Waals surface area contributed by atoms with Crippen molar-refractivity contribution in [3.8, 4) is 17.2 Å². The highest BCUT2D eigenvalue weighted by Gasteiger charge is 2.64. The second kappa shape index (κ2) is 20.1. The molecule has 1 saturated carbocycles. The maximum absolute atomic E-state index is 11.8. The van der Waals surface area contributed by atoms with Crippen LogP contribution in [0.25, 0.3) is 0 Å². The first-order valence-corrected chi connectivity index (χ1v) is 22.1. The van der Waals surface area contributed by atoms with Gasteiger partial charge in [0.15, 0.2) is 0 Å². The minimum Gasteiger partial charge on any atom is -0.460 e. The van der Waals surface area contributed by atoms with Gasteiger partial charge in [-0.2, -0.15) is 0 Å². The van der Waals surface area contributed by atoms with Gasteiger partial charge in [-0.15, -0.1) is 18.3 Å². The number of benzene rings is 4. The Labute approximate surface area is 358 Å². The van der Waals surface area contributed by atoms with E-state index in [0.29, 0.717) is 19.4 Å². The predicted molar refractivity (Wildman–Crippen MR) is 239 cm³/mol. The molecule has 9 nitrogen and oxygen atoms in total. The van der Waals surface area contributed by atoms with E-state index in [9.17, 15) is 15.0 Å². The van der Waals surface area contributed by atoms with Gasteiger partial charge >= 0.3 is 0 Å². The van der Waals surface area contributed by atoms with Crippen LogP contribution in [0, 0.1) is 31.6 Å². The van der Waals surface area contributed by atoms with Crippen LogP contribution < -0.4 is 14.8 Å². The molecule has 1 amide bonds. The predicted octanol–water partition coefficient (Wildman–Crippen LogP) is 10.7. The quantitative estimate of drug-likeness (QED) is 0.0486. The van der Waals surface area contributed by atoms with Crippen molar-refractivity contribution in [1.82, 2.24) is 0 Å². The van der Waals surface area contributed by atoms with Gasteiger partial charge < -0.3 is 34.6 Å². The Morgan fingerprint density at radius 1 is 0.933 bits per heavy atom. The fourth-order valence-electron chi connectivity index (χ4n) is 9.14. The summed E-state index contributed by atoms with van der Waals surface area (Å²) in [6.07, 6.45) is 9.63. The van der Waals surface area contributed by atoms with Crippen molar-refractivity contribution in [3.63, 3.8) is 0 Å². The smallest absolute Gasteiger partial charge is 0.231 e. The number of anilines is 1.